The number of likely N-dealkylation sites (tertiary alicyclic amines) is 1. The molecule has 1 N–H and O–H groups in total. The Morgan fingerprint density at radius 3 is 2.62 bits per heavy atom. The Hall–Kier alpha value is -1.72. The van der Waals surface area contributed by atoms with E-state index in [0.29, 0.717) is 5.13 Å². The van der Waals surface area contributed by atoms with Crippen molar-refractivity contribution in [1.29, 1.82) is 0 Å². The topological polar surface area (TPSA) is 45.2 Å². The second-order valence-electron chi connectivity index (χ2n) is 5.24. The molecule has 3 rings (SSSR count). The maximum absolute atomic E-state index is 12.7. The van der Waals surface area contributed by atoms with Crippen molar-refractivity contribution in [2.24, 2.45) is 0 Å². The zero-order valence-electron chi connectivity index (χ0n) is 11.9. The predicted molar refractivity (Wildman–Crippen MR) is 85.4 cm³/mol. The van der Waals surface area contributed by atoms with Gasteiger partial charge in [-0.05, 0) is 31.5 Å². The van der Waals surface area contributed by atoms with Gasteiger partial charge in [-0.1, -0.05) is 36.8 Å². The molecule has 1 fully saturated rings. The highest BCUT2D eigenvalue weighted by atomic mass is 32.1. The minimum absolute atomic E-state index is 0.0121. The van der Waals surface area contributed by atoms with Crippen LogP contribution < -0.4 is 5.32 Å². The molecule has 2 heterocycles. The summed E-state index contributed by atoms with van der Waals surface area (Å²) in [5.74, 6) is 0.0121. The van der Waals surface area contributed by atoms with E-state index in [2.05, 4.69) is 15.2 Å². The summed E-state index contributed by atoms with van der Waals surface area (Å²) in [6.07, 6.45) is 5.28. The first-order chi connectivity index (χ1) is 10.3. The average Bonchev–Trinajstić information content (AvgIpc) is 3.02. The van der Waals surface area contributed by atoms with Gasteiger partial charge in [0, 0.05) is 11.6 Å². The lowest BCUT2D eigenvalue weighted by molar-refractivity contribution is -0.122. The van der Waals surface area contributed by atoms with Crippen LogP contribution in [0.5, 0.6) is 0 Å². The molecule has 0 radical (unpaired) electrons. The molecule has 0 saturated carbocycles. The number of nitrogens with one attached hydrogen (secondary N) is 1. The summed E-state index contributed by atoms with van der Waals surface area (Å²) in [4.78, 5) is 19.1. The van der Waals surface area contributed by atoms with Crippen molar-refractivity contribution in [3.8, 4) is 0 Å². The number of hydrogen-bond acceptors (Lipinski definition) is 4. The van der Waals surface area contributed by atoms with Crippen LogP contribution in [-0.4, -0.2) is 28.9 Å². The van der Waals surface area contributed by atoms with Crippen molar-refractivity contribution in [3.05, 3.63) is 47.5 Å². The third-order valence-electron chi connectivity index (χ3n) is 3.78. The molecule has 1 saturated heterocycles. The van der Waals surface area contributed by atoms with Crippen molar-refractivity contribution in [2.45, 2.75) is 25.3 Å². The van der Waals surface area contributed by atoms with Crippen LogP contribution in [0.1, 0.15) is 30.9 Å². The summed E-state index contributed by atoms with van der Waals surface area (Å²) < 4.78 is 0. The van der Waals surface area contributed by atoms with Gasteiger partial charge in [-0.3, -0.25) is 9.69 Å². The lowest BCUT2D eigenvalue weighted by Crippen LogP contribution is -2.40. The lowest BCUT2D eigenvalue weighted by atomic mass is 10.0. The average molecular weight is 301 g/mol. The predicted octanol–water partition coefficient (Wildman–Crippen LogP) is 3.31. The van der Waals surface area contributed by atoms with Crippen molar-refractivity contribution >= 4 is 22.4 Å². The minimum atomic E-state index is -0.226. The number of anilines is 1. The Kier molecular flexibility index (Phi) is 4.62. The Labute approximate surface area is 128 Å². The summed E-state index contributed by atoms with van der Waals surface area (Å²) in [5, 5.41) is 5.48. The zero-order valence-corrected chi connectivity index (χ0v) is 12.7. The Bertz CT molecular complexity index is 564. The van der Waals surface area contributed by atoms with E-state index in [0.717, 1.165) is 31.5 Å². The molecule has 1 aromatic carbocycles. The number of carbonyl (C=O) groups excluding carboxylic acids is 1. The first kappa shape index (κ1) is 14.2. The number of rotatable bonds is 4. The van der Waals surface area contributed by atoms with Gasteiger partial charge >= 0.3 is 0 Å². The molecule has 4 nitrogen and oxygen atoms in total. The molecular weight excluding hydrogens is 282 g/mol. The highest BCUT2D eigenvalue weighted by Crippen LogP contribution is 2.26. The van der Waals surface area contributed by atoms with Crippen LogP contribution in [0.3, 0.4) is 0 Å². The van der Waals surface area contributed by atoms with Gasteiger partial charge in [0.2, 0.25) is 5.91 Å². The van der Waals surface area contributed by atoms with Crippen LogP contribution in [0.4, 0.5) is 5.13 Å². The van der Waals surface area contributed by atoms with Gasteiger partial charge in [-0.25, -0.2) is 4.98 Å². The standard InChI is InChI=1S/C16H19N3OS/c20-15(18-16-17-9-12-21-16)14(13-7-3-1-4-8-13)19-10-5-2-6-11-19/h1,3-4,7-9,12,14H,2,5-6,10-11H2,(H,17,18,20)/t14-/m0/s1. The minimum Gasteiger partial charge on any atom is -0.300 e. The van der Waals surface area contributed by atoms with Crippen molar-refractivity contribution in [3.63, 3.8) is 0 Å². The van der Waals surface area contributed by atoms with E-state index in [1.54, 1.807) is 6.20 Å². The number of piperidine rings is 1. The van der Waals surface area contributed by atoms with E-state index in [-0.39, 0.29) is 11.9 Å². The van der Waals surface area contributed by atoms with Crippen molar-refractivity contribution in [1.82, 2.24) is 9.88 Å². The largest absolute Gasteiger partial charge is 0.300 e. The van der Waals surface area contributed by atoms with Crippen LogP contribution in [0.25, 0.3) is 0 Å². The number of hydrogen-bond donors (Lipinski definition) is 1. The number of aromatic nitrogens is 1. The molecular formula is C16H19N3OS. The van der Waals surface area contributed by atoms with E-state index in [4.69, 9.17) is 0 Å². The quantitative estimate of drug-likeness (QED) is 0.942. The number of nitrogens with zero attached hydrogens (tertiary/aromatic N) is 2. The van der Waals surface area contributed by atoms with E-state index < -0.39 is 0 Å². The molecule has 1 aliphatic rings. The Balaban J connectivity index is 1.82. The summed E-state index contributed by atoms with van der Waals surface area (Å²) in [7, 11) is 0. The van der Waals surface area contributed by atoms with Crippen LogP contribution in [0.15, 0.2) is 41.9 Å². The molecule has 110 valence electrons. The van der Waals surface area contributed by atoms with Crippen LogP contribution in [-0.2, 0) is 4.79 Å². The Morgan fingerprint density at radius 1 is 1.19 bits per heavy atom. The van der Waals surface area contributed by atoms with Gasteiger partial charge in [-0.2, -0.15) is 0 Å². The van der Waals surface area contributed by atoms with Gasteiger partial charge in [0.15, 0.2) is 5.13 Å². The Morgan fingerprint density at radius 2 is 1.95 bits per heavy atom. The smallest absolute Gasteiger partial charge is 0.248 e. The maximum atomic E-state index is 12.7. The van der Waals surface area contributed by atoms with Crippen LogP contribution >= 0.6 is 11.3 Å². The number of benzene rings is 1. The highest BCUT2D eigenvalue weighted by molar-refractivity contribution is 7.13. The number of thiazole rings is 1. The summed E-state index contributed by atoms with van der Waals surface area (Å²) in [6, 6.07) is 9.79. The van der Waals surface area contributed by atoms with Crippen LogP contribution in [0.2, 0.25) is 0 Å². The third-order valence-corrected chi connectivity index (χ3v) is 4.47. The molecule has 1 amide bonds. The first-order valence-corrected chi connectivity index (χ1v) is 8.22. The summed E-state index contributed by atoms with van der Waals surface area (Å²) in [6.45, 7) is 1.95. The van der Waals surface area contributed by atoms with Crippen molar-refractivity contribution < 1.29 is 4.79 Å². The molecule has 1 atom stereocenters. The molecule has 0 unspecified atom stereocenters. The van der Waals surface area contributed by atoms with Gasteiger partial charge in [0.1, 0.15) is 6.04 Å². The van der Waals surface area contributed by atoms with Gasteiger partial charge in [0.25, 0.3) is 0 Å². The van der Waals surface area contributed by atoms with Gasteiger partial charge in [0.05, 0.1) is 0 Å². The third kappa shape index (κ3) is 3.49. The molecule has 21 heavy (non-hydrogen) atoms. The summed E-state index contributed by atoms with van der Waals surface area (Å²) >= 11 is 1.45. The van der Waals surface area contributed by atoms with Gasteiger partial charge in [-0.15, -0.1) is 11.3 Å². The molecule has 1 aromatic heterocycles. The zero-order chi connectivity index (χ0) is 14.5. The second-order valence-corrected chi connectivity index (χ2v) is 6.13. The van der Waals surface area contributed by atoms with E-state index in [1.807, 2.05) is 35.7 Å². The molecule has 0 bridgehead atoms. The summed E-state index contributed by atoms with van der Waals surface area (Å²) in [5.41, 5.74) is 1.05. The molecule has 0 spiro atoms. The van der Waals surface area contributed by atoms with Crippen molar-refractivity contribution in [2.75, 3.05) is 18.4 Å². The van der Waals surface area contributed by atoms with E-state index in [9.17, 15) is 4.79 Å². The molecule has 0 aliphatic carbocycles. The normalized spacial score (nSPS) is 17.3. The molecule has 1 aliphatic heterocycles. The monoisotopic (exact) mass is 301 g/mol. The lowest BCUT2D eigenvalue weighted by Gasteiger charge is -2.33. The first-order valence-electron chi connectivity index (χ1n) is 7.34. The van der Waals surface area contributed by atoms with E-state index >= 15 is 0 Å². The molecule has 5 heteroatoms. The fraction of sp³-hybridized carbons (Fsp3) is 0.375. The highest BCUT2D eigenvalue weighted by Gasteiger charge is 2.28. The van der Waals surface area contributed by atoms with Gasteiger partial charge < -0.3 is 5.32 Å². The van der Waals surface area contributed by atoms with E-state index in [1.165, 1.54) is 17.8 Å². The molecule has 2 aromatic rings. The number of carbonyl (C=O) groups is 1. The SMILES string of the molecule is O=C(Nc1nccs1)[C@H](c1ccccc1)N1CCCCC1. The number of amides is 1. The van der Waals surface area contributed by atoms with Crippen LogP contribution in [0, 0.1) is 0 Å². The fourth-order valence-electron chi connectivity index (χ4n) is 2.80. The maximum Gasteiger partial charge on any atom is 0.248 e. The second kappa shape index (κ2) is 6.83. The fourth-order valence-corrected chi connectivity index (χ4v) is 3.33.